The molecular weight excluding hydrogens is 425 g/mol. The number of nitrogens with two attached hydrogens (primary N) is 1. The van der Waals surface area contributed by atoms with E-state index < -0.39 is 35.0 Å². The highest BCUT2D eigenvalue weighted by atomic mass is 19.4. The summed E-state index contributed by atoms with van der Waals surface area (Å²) in [6.07, 6.45) is -5.19. The van der Waals surface area contributed by atoms with Crippen LogP contribution >= 0.6 is 0 Å². The molecule has 1 aliphatic rings. The number of alkyl halides is 3. The smallest absolute Gasteiger partial charge is 0.416 e. The number of carbonyl (C=O) groups is 1. The molecule has 0 amide bonds. The van der Waals surface area contributed by atoms with Crippen LogP contribution in [0.1, 0.15) is 50.0 Å². The van der Waals surface area contributed by atoms with Crippen molar-refractivity contribution in [2.24, 2.45) is 5.84 Å². The average molecular weight is 452 g/mol. The third-order valence-electron chi connectivity index (χ3n) is 5.06. The number of aliphatic carboxylic acids is 1. The number of carboxylic acids is 1. The van der Waals surface area contributed by atoms with Crippen molar-refractivity contribution in [1.82, 2.24) is 0 Å². The molecule has 3 rings (SSSR count). The van der Waals surface area contributed by atoms with E-state index in [2.05, 4.69) is 0 Å². The molecule has 0 aromatic heterocycles. The SMILES string of the molecule is CN(N)c1ccc(C(F)(F)F)c(C(OC(C)(C)C)C(=O)O)c1-c1ccc2c(c1)CCCO2. The number of aryl methyl sites for hydroxylation is 1. The molecule has 0 saturated heterocycles. The van der Waals surface area contributed by atoms with Crippen LogP contribution in [0.2, 0.25) is 0 Å². The van der Waals surface area contributed by atoms with Crippen molar-refractivity contribution < 1.29 is 32.5 Å². The molecule has 174 valence electrons. The average Bonchev–Trinajstić information content (AvgIpc) is 2.69. The first-order valence-corrected chi connectivity index (χ1v) is 10.2. The summed E-state index contributed by atoms with van der Waals surface area (Å²) in [6.45, 7) is 5.33. The maximum absolute atomic E-state index is 14.1. The fourth-order valence-electron chi connectivity index (χ4n) is 3.83. The second kappa shape index (κ2) is 8.63. The Balaban J connectivity index is 2.39. The first kappa shape index (κ1) is 23.9. The van der Waals surface area contributed by atoms with Gasteiger partial charge in [-0.2, -0.15) is 13.2 Å². The molecular formula is C23H27F3N2O4. The first-order valence-electron chi connectivity index (χ1n) is 10.2. The Morgan fingerprint density at radius 1 is 1.22 bits per heavy atom. The van der Waals surface area contributed by atoms with E-state index in [1.54, 1.807) is 39.0 Å². The molecule has 3 N–H and O–H groups in total. The van der Waals surface area contributed by atoms with Gasteiger partial charge in [-0.15, -0.1) is 0 Å². The summed E-state index contributed by atoms with van der Waals surface area (Å²) in [5.41, 5.74) is -1.02. The number of benzene rings is 2. The predicted molar refractivity (Wildman–Crippen MR) is 115 cm³/mol. The summed E-state index contributed by atoms with van der Waals surface area (Å²) in [6, 6.07) is 7.13. The minimum absolute atomic E-state index is 0.0647. The van der Waals surface area contributed by atoms with Crippen LogP contribution in [0.5, 0.6) is 5.75 Å². The number of nitrogens with zero attached hydrogens (tertiary/aromatic N) is 1. The van der Waals surface area contributed by atoms with E-state index in [1.165, 1.54) is 18.1 Å². The van der Waals surface area contributed by atoms with Gasteiger partial charge in [0, 0.05) is 18.2 Å². The first-order chi connectivity index (χ1) is 14.8. The third-order valence-corrected chi connectivity index (χ3v) is 5.06. The lowest BCUT2D eigenvalue weighted by molar-refractivity contribution is -0.163. The van der Waals surface area contributed by atoms with Crippen molar-refractivity contribution in [3.8, 4) is 16.9 Å². The molecule has 1 unspecified atom stereocenters. The fraction of sp³-hybridized carbons (Fsp3) is 0.435. The number of halogens is 3. The van der Waals surface area contributed by atoms with Crippen LogP contribution in [0.25, 0.3) is 11.1 Å². The van der Waals surface area contributed by atoms with Gasteiger partial charge >= 0.3 is 12.1 Å². The van der Waals surface area contributed by atoms with Gasteiger partial charge in [-0.05, 0) is 69.0 Å². The molecule has 6 nitrogen and oxygen atoms in total. The molecule has 0 bridgehead atoms. The lowest BCUT2D eigenvalue weighted by Crippen LogP contribution is -2.31. The Hall–Kier alpha value is -2.78. The van der Waals surface area contributed by atoms with E-state index >= 15 is 0 Å². The lowest BCUT2D eigenvalue weighted by Gasteiger charge is -2.31. The lowest BCUT2D eigenvalue weighted by atomic mass is 9.88. The van der Waals surface area contributed by atoms with Gasteiger partial charge < -0.3 is 19.6 Å². The quantitative estimate of drug-likeness (QED) is 0.493. The van der Waals surface area contributed by atoms with Crippen LogP contribution in [0, 0.1) is 0 Å². The van der Waals surface area contributed by atoms with E-state index in [9.17, 15) is 23.1 Å². The molecule has 2 aromatic rings. The highest BCUT2D eigenvalue weighted by Gasteiger charge is 2.41. The molecule has 0 fully saturated rings. The van der Waals surface area contributed by atoms with Crippen LogP contribution in [-0.2, 0) is 22.1 Å². The van der Waals surface area contributed by atoms with Gasteiger partial charge in [-0.25, -0.2) is 10.6 Å². The Kier molecular flexibility index (Phi) is 6.44. The number of ether oxygens (including phenoxy) is 2. The zero-order chi connectivity index (χ0) is 23.8. The van der Waals surface area contributed by atoms with Crippen LogP contribution in [0.15, 0.2) is 30.3 Å². The standard InChI is InChI=1S/C23H27F3N2O4/c1-22(2,3)32-20(21(29)30)19-15(23(24,25)26)8-9-16(28(4)27)18(19)14-7-10-17-13(12-14)6-5-11-31-17/h7-10,12,20H,5-6,11,27H2,1-4H3,(H,29,30). The van der Waals surface area contributed by atoms with Gasteiger partial charge in [0.1, 0.15) is 5.75 Å². The largest absolute Gasteiger partial charge is 0.493 e. The molecule has 2 aromatic carbocycles. The number of hydrazine groups is 1. The number of fused-ring (bicyclic) bond motifs is 1. The Morgan fingerprint density at radius 2 is 1.91 bits per heavy atom. The fourth-order valence-corrected chi connectivity index (χ4v) is 3.83. The maximum atomic E-state index is 14.1. The van der Waals surface area contributed by atoms with Crippen LogP contribution in [-0.4, -0.2) is 30.3 Å². The van der Waals surface area contributed by atoms with E-state index in [0.717, 1.165) is 18.1 Å². The molecule has 0 saturated carbocycles. The molecule has 9 heteroatoms. The monoisotopic (exact) mass is 452 g/mol. The third kappa shape index (κ3) is 4.99. The molecule has 1 atom stereocenters. The summed E-state index contributed by atoms with van der Waals surface area (Å²) in [4.78, 5) is 12.2. The van der Waals surface area contributed by atoms with Gasteiger partial charge in [0.25, 0.3) is 0 Å². The summed E-state index contributed by atoms with van der Waals surface area (Å²) in [5, 5.41) is 11.1. The van der Waals surface area contributed by atoms with E-state index in [0.29, 0.717) is 24.3 Å². The summed E-state index contributed by atoms with van der Waals surface area (Å²) < 4.78 is 53.5. The maximum Gasteiger partial charge on any atom is 0.416 e. The Labute approximate surface area is 184 Å². The number of rotatable bonds is 5. The number of hydrogen-bond acceptors (Lipinski definition) is 5. The van der Waals surface area contributed by atoms with Crippen molar-refractivity contribution in [1.29, 1.82) is 0 Å². The zero-order valence-corrected chi connectivity index (χ0v) is 18.4. The minimum Gasteiger partial charge on any atom is -0.493 e. The normalized spacial score (nSPS) is 15.0. The Bertz CT molecular complexity index is 1010. The van der Waals surface area contributed by atoms with E-state index in [4.69, 9.17) is 15.3 Å². The van der Waals surface area contributed by atoms with Gasteiger partial charge in [0.15, 0.2) is 6.10 Å². The number of hydrogen-bond donors (Lipinski definition) is 2. The number of anilines is 1. The molecule has 32 heavy (non-hydrogen) atoms. The highest BCUT2D eigenvalue weighted by Crippen LogP contribution is 2.46. The van der Waals surface area contributed by atoms with E-state index in [-0.39, 0.29) is 11.3 Å². The summed E-state index contributed by atoms with van der Waals surface area (Å²) in [7, 11) is 1.48. The topological polar surface area (TPSA) is 85.0 Å². The second-order valence-electron chi connectivity index (χ2n) is 8.75. The van der Waals surface area contributed by atoms with Gasteiger partial charge in [0.05, 0.1) is 23.5 Å². The molecule has 0 aliphatic carbocycles. The van der Waals surface area contributed by atoms with Crippen molar-refractivity contribution >= 4 is 11.7 Å². The molecule has 0 spiro atoms. The highest BCUT2D eigenvalue weighted by molar-refractivity contribution is 5.88. The van der Waals surface area contributed by atoms with Gasteiger partial charge in [0.2, 0.25) is 0 Å². The van der Waals surface area contributed by atoms with Crippen molar-refractivity contribution in [2.45, 2.75) is 51.5 Å². The number of carboxylic acid groups (broad SMARTS) is 1. The zero-order valence-electron chi connectivity index (χ0n) is 18.4. The van der Waals surface area contributed by atoms with Crippen LogP contribution < -0.4 is 15.6 Å². The van der Waals surface area contributed by atoms with E-state index in [1.807, 2.05) is 0 Å². The van der Waals surface area contributed by atoms with Crippen LogP contribution in [0.3, 0.4) is 0 Å². The summed E-state index contributed by atoms with van der Waals surface area (Å²) >= 11 is 0. The van der Waals surface area contributed by atoms with Crippen molar-refractivity contribution in [3.05, 3.63) is 47.0 Å². The van der Waals surface area contributed by atoms with Gasteiger partial charge in [-0.3, -0.25) is 0 Å². The molecule has 0 radical (unpaired) electrons. The van der Waals surface area contributed by atoms with Gasteiger partial charge in [-0.1, -0.05) is 6.07 Å². The second-order valence-corrected chi connectivity index (χ2v) is 8.75. The minimum atomic E-state index is -4.80. The summed E-state index contributed by atoms with van der Waals surface area (Å²) in [5.74, 6) is 5.10. The van der Waals surface area contributed by atoms with Crippen molar-refractivity contribution in [2.75, 3.05) is 18.7 Å². The predicted octanol–water partition coefficient (Wildman–Crippen LogP) is 4.95. The van der Waals surface area contributed by atoms with Crippen molar-refractivity contribution in [3.63, 3.8) is 0 Å². The molecule has 1 aliphatic heterocycles. The molecule has 1 heterocycles. The van der Waals surface area contributed by atoms with Crippen LogP contribution in [0.4, 0.5) is 18.9 Å². The Morgan fingerprint density at radius 3 is 2.47 bits per heavy atom.